The molecule has 12 rings (SSSR count). The molecule has 1 aliphatic rings. The third-order valence-electron chi connectivity index (χ3n) is 13.2. The lowest BCUT2D eigenvalue weighted by atomic mass is 10.1. The summed E-state index contributed by atoms with van der Waals surface area (Å²) in [4.78, 5) is 9.90. The number of hydrogen-bond donors (Lipinski definition) is 0. The van der Waals surface area contributed by atoms with Crippen LogP contribution in [0.15, 0.2) is 249 Å². The van der Waals surface area contributed by atoms with Gasteiger partial charge in [0.15, 0.2) is 21.9 Å². The molecule has 0 aliphatic carbocycles. The van der Waals surface area contributed by atoms with E-state index in [1.165, 1.54) is 41.5 Å². The van der Waals surface area contributed by atoms with Crippen LogP contribution >= 0.6 is 0 Å². The molecule has 0 N–H and O–H groups in total. The van der Waals surface area contributed by atoms with E-state index in [0.717, 1.165) is 50.4 Å². The number of pyridine rings is 2. The number of para-hydroxylation sites is 1. The number of benzene rings is 8. The van der Waals surface area contributed by atoms with Crippen LogP contribution in [0.25, 0.3) is 38.9 Å². The quantitative estimate of drug-likeness (QED) is 0.115. The summed E-state index contributed by atoms with van der Waals surface area (Å²) in [6.45, 7) is 0. The highest BCUT2D eigenvalue weighted by Gasteiger charge is 2.49. The molecule has 0 amide bonds. The molecule has 8 aromatic carbocycles. The monoisotopic (exact) mass is 851 g/mol. The summed E-state index contributed by atoms with van der Waals surface area (Å²) < 4.78 is 9.70. The molecule has 0 saturated heterocycles. The molecule has 3 aromatic heterocycles. The van der Waals surface area contributed by atoms with Crippen molar-refractivity contribution in [1.82, 2.24) is 14.5 Å². The third kappa shape index (κ3) is 5.73. The predicted molar refractivity (Wildman–Crippen MR) is 269 cm³/mol. The van der Waals surface area contributed by atoms with Gasteiger partial charge in [-0.05, 0) is 77.9 Å². The van der Waals surface area contributed by atoms with Gasteiger partial charge in [-0.15, -0.1) is 0 Å². The second-order valence-corrected chi connectivity index (χ2v) is 24.0. The van der Waals surface area contributed by atoms with Gasteiger partial charge >= 0.3 is 0 Å². The van der Waals surface area contributed by atoms with E-state index in [1.54, 1.807) is 0 Å². The number of aromatic nitrogens is 3. The normalized spacial score (nSPS) is 12.9. The Morgan fingerprint density at radius 3 is 1.66 bits per heavy atom. The van der Waals surface area contributed by atoms with Crippen LogP contribution in [0.1, 0.15) is 0 Å². The Hall–Kier alpha value is -7.91. The second kappa shape index (κ2) is 15.5. The van der Waals surface area contributed by atoms with Crippen molar-refractivity contribution in [3.8, 4) is 28.6 Å². The SMILES string of the molecule is c1ccc([Si](c2ccccc2)(c2cccc(-c3ccccn3)c2)c2ccc3c4ccc5c(c4n(-c4ccccn4)c3c2)Oc2ccccc2[Si]5(c2ccccc2)c2ccccc2)cc1. The van der Waals surface area contributed by atoms with E-state index in [9.17, 15) is 0 Å². The van der Waals surface area contributed by atoms with Crippen LogP contribution in [0.3, 0.4) is 0 Å². The van der Waals surface area contributed by atoms with Gasteiger partial charge in [-0.1, -0.05) is 200 Å². The summed E-state index contributed by atoms with van der Waals surface area (Å²) >= 11 is 0. The topological polar surface area (TPSA) is 39.9 Å². The highest BCUT2D eigenvalue weighted by Crippen LogP contribution is 2.41. The van der Waals surface area contributed by atoms with Gasteiger partial charge in [-0.2, -0.15) is 0 Å². The Labute approximate surface area is 374 Å². The number of nitrogens with zero attached hydrogens (tertiary/aromatic N) is 3. The molecule has 1 aliphatic heterocycles. The van der Waals surface area contributed by atoms with Crippen LogP contribution in [0.5, 0.6) is 11.5 Å². The van der Waals surface area contributed by atoms with Gasteiger partial charge in [0.1, 0.15) is 11.6 Å². The average molecular weight is 852 g/mol. The molecule has 0 spiro atoms. The lowest BCUT2D eigenvalue weighted by Crippen LogP contribution is -2.76. The highest BCUT2D eigenvalue weighted by atomic mass is 28.3. The zero-order valence-electron chi connectivity index (χ0n) is 34.9. The summed E-state index contributed by atoms with van der Waals surface area (Å²) in [6.07, 6.45) is 3.77. The fourth-order valence-electron chi connectivity index (χ4n) is 10.5. The molecule has 0 radical (unpaired) electrons. The van der Waals surface area contributed by atoms with Gasteiger partial charge in [0.2, 0.25) is 0 Å². The average Bonchev–Trinajstić information content (AvgIpc) is 3.72. The third-order valence-corrected chi connectivity index (χ3v) is 22.8. The Morgan fingerprint density at radius 2 is 1.00 bits per heavy atom. The molecule has 0 atom stereocenters. The molecule has 0 fully saturated rings. The molecule has 0 unspecified atom stereocenters. The highest BCUT2D eigenvalue weighted by molar-refractivity contribution is 7.21. The molecule has 4 heterocycles. The van der Waals surface area contributed by atoms with Crippen LogP contribution in [0.4, 0.5) is 0 Å². The fraction of sp³-hybridized carbons (Fsp3) is 0. The molecular formula is C58H41N3OSi2. The Morgan fingerprint density at radius 1 is 0.422 bits per heavy atom. The van der Waals surface area contributed by atoms with Gasteiger partial charge in [0, 0.05) is 28.7 Å². The van der Waals surface area contributed by atoms with Crippen LogP contribution in [-0.2, 0) is 0 Å². The minimum absolute atomic E-state index is 0.839. The minimum atomic E-state index is -3.03. The first-order valence-electron chi connectivity index (χ1n) is 21.8. The summed E-state index contributed by atoms with van der Waals surface area (Å²) in [5, 5.41) is 12.5. The summed E-state index contributed by atoms with van der Waals surface area (Å²) in [6, 6.07) is 86.5. The van der Waals surface area contributed by atoms with E-state index in [2.05, 4.69) is 229 Å². The Balaban J connectivity index is 1.21. The van der Waals surface area contributed by atoms with Crippen LogP contribution in [0.2, 0.25) is 0 Å². The fourth-order valence-corrected chi connectivity index (χ4v) is 20.3. The van der Waals surface area contributed by atoms with Crippen LogP contribution in [-0.4, -0.2) is 30.7 Å². The van der Waals surface area contributed by atoms with E-state index < -0.39 is 16.1 Å². The molecule has 6 heteroatoms. The Bertz CT molecular complexity index is 3380. The largest absolute Gasteiger partial charge is 0.455 e. The van der Waals surface area contributed by atoms with E-state index in [-0.39, 0.29) is 0 Å². The van der Waals surface area contributed by atoms with E-state index >= 15 is 0 Å². The lowest BCUT2D eigenvalue weighted by Gasteiger charge is -2.39. The maximum absolute atomic E-state index is 7.33. The zero-order valence-corrected chi connectivity index (χ0v) is 36.9. The zero-order chi connectivity index (χ0) is 42.5. The van der Waals surface area contributed by atoms with Crippen molar-refractivity contribution in [2.24, 2.45) is 0 Å². The molecule has 302 valence electrons. The maximum Gasteiger partial charge on any atom is 0.188 e. The van der Waals surface area contributed by atoms with Crippen molar-refractivity contribution in [1.29, 1.82) is 0 Å². The minimum Gasteiger partial charge on any atom is -0.455 e. The molecule has 64 heavy (non-hydrogen) atoms. The van der Waals surface area contributed by atoms with Crippen molar-refractivity contribution >= 4 is 79.4 Å². The first kappa shape index (κ1) is 37.8. The standard InChI is InChI=1S/C58H41N3OSi2/c1-5-21-43(22-6-1)63(44-23-7-2-8-24-44,47-29-19-20-42(40-47)51-30-15-17-38-59-51)48-34-35-49-50-36-37-55-58(57(50)61(52(49)41-48)56-33-16-18-39-60-56)62-53-31-13-14-32-54(53)64(55,45-25-9-3-10-26-45)46-27-11-4-12-28-46/h1-41H. The first-order chi connectivity index (χ1) is 31.8. The number of ether oxygens (including phenoxy) is 1. The van der Waals surface area contributed by atoms with Gasteiger partial charge < -0.3 is 4.74 Å². The van der Waals surface area contributed by atoms with Gasteiger partial charge in [0.25, 0.3) is 0 Å². The predicted octanol–water partition coefficient (Wildman–Crippen LogP) is 8.10. The summed E-state index contributed by atoms with van der Waals surface area (Å²) in [5.74, 6) is 2.62. The van der Waals surface area contributed by atoms with E-state index in [1.807, 2.05) is 24.5 Å². The van der Waals surface area contributed by atoms with Gasteiger partial charge in [0.05, 0.1) is 16.7 Å². The van der Waals surface area contributed by atoms with Crippen molar-refractivity contribution in [2.75, 3.05) is 0 Å². The molecule has 0 bridgehead atoms. The first-order valence-corrected chi connectivity index (χ1v) is 25.8. The van der Waals surface area contributed by atoms with Gasteiger partial charge in [-0.3, -0.25) is 9.55 Å². The number of fused-ring (bicyclic) bond motifs is 6. The van der Waals surface area contributed by atoms with E-state index in [0.29, 0.717) is 0 Å². The van der Waals surface area contributed by atoms with Crippen molar-refractivity contribution in [3.05, 3.63) is 249 Å². The molecule has 4 nitrogen and oxygen atoms in total. The van der Waals surface area contributed by atoms with Crippen molar-refractivity contribution in [3.63, 3.8) is 0 Å². The van der Waals surface area contributed by atoms with Gasteiger partial charge in [-0.25, -0.2) is 4.98 Å². The van der Waals surface area contributed by atoms with Crippen molar-refractivity contribution < 1.29 is 4.74 Å². The smallest absolute Gasteiger partial charge is 0.188 e. The second-order valence-electron chi connectivity index (χ2n) is 16.5. The lowest BCUT2D eigenvalue weighted by molar-refractivity contribution is 0.491. The summed E-state index contributed by atoms with van der Waals surface area (Å²) in [7, 11) is -5.96. The number of hydrogen-bond acceptors (Lipinski definition) is 3. The van der Waals surface area contributed by atoms with E-state index in [4.69, 9.17) is 14.7 Å². The maximum atomic E-state index is 7.33. The van der Waals surface area contributed by atoms with Crippen molar-refractivity contribution in [2.45, 2.75) is 0 Å². The summed E-state index contributed by atoms with van der Waals surface area (Å²) in [5.41, 5.74) is 4.15. The molecular weight excluding hydrogens is 811 g/mol. The molecule has 0 saturated carbocycles. The number of rotatable bonds is 8. The van der Waals surface area contributed by atoms with Crippen LogP contribution in [0, 0.1) is 0 Å². The molecule has 11 aromatic rings. The Kier molecular flexibility index (Phi) is 9.14. The van der Waals surface area contributed by atoms with Crippen LogP contribution < -0.4 is 46.2 Å².